The Kier molecular flexibility index (Phi) is 23.5. The van der Waals surface area contributed by atoms with E-state index in [2.05, 4.69) is 62.1 Å². The first-order valence-corrected chi connectivity index (χ1v) is 33.6. The summed E-state index contributed by atoms with van der Waals surface area (Å²) in [7, 11) is 1.50. The van der Waals surface area contributed by atoms with Gasteiger partial charge in [0.05, 0.1) is 58.8 Å². The molecule has 3 amide bonds. The summed E-state index contributed by atoms with van der Waals surface area (Å²) in [5.41, 5.74) is -2.99. The standard InChI is InChI=1S/C70H87F9N3O11P/c1-10-11-40-91-94(82(45(2)3)46(4)5)93-59-42-62(92-60(59)44-90-66(49-18-13-12-14-19-49,50-21-25-52(85-8)26-22-50)51-23-27-53(86-9)28-24-51)81-43-47(6)63(83)80(64(81)84)36-15-16-37-87-54-29-31-55-48(41-54)20-30-57-56(55)34-35-65(7)58(57)32-33-61(65)88-38-17-39-89-67(68(71,72)73,69(74,75)76)70(77,78)79/h1,12-14,18-19,21-29,31,41,45-47,56-62H,11,15-17,20,30,32-40,42-44H2,2-9H3/t47?,56?,57?,58?,59-,60-,61?,62-,65?,94?/m1/s1. The van der Waals surface area contributed by atoms with Crippen LogP contribution in [0.4, 0.5) is 44.3 Å². The molecule has 0 radical (unpaired) electrons. The van der Waals surface area contributed by atoms with Crippen molar-refractivity contribution in [1.29, 1.82) is 0 Å². The fraction of sp³-hybridized carbons (Fsp3) is 0.600. The molecule has 24 heteroatoms. The van der Waals surface area contributed by atoms with Gasteiger partial charge in [-0.25, -0.2) is 9.46 Å². The number of hydrogen-bond donors (Lipinski definition) is 0. The van der Waals surface area contributed by atoms with Crippen LogP contribution < -0.4 is 14.2 Å². The Hall–Kier alpha value is -5.70. The van der Waals surface area contributed by atoms with Gasteiger partial charge in [-0.05, 0) is 173 Å². The summed E-state index contributed by atoms with van der Waals surface area (Å²) in [6.07, 6.45) is -11.7. The monoisotopic (exact) mass is 1350 g/mol. The molecule has 2 saturated carbocycles. The van der Waals surface area contributed by atoms with Crippen molar-refractivity contribution in [3.63, 3.8) is 0 Å². The number of carbonyl (C=O) groups is 2. The summed E-state index contributed by atoms with van der Waals surface area (Å²) in [5, 5.41) is 0. The number of unbranched alkanes of at least 4 members (excludes halogenated alkanes) is 1. The molecular weight excluding hydrogens is 1260 g/mol. The van der Waals surface area contributed by atoms with E-state index in [9.17, 15) is 49.1 Å². The fourth-order valence-electron chi connectivity index (χ4n) is 14.9. The molecular formula is C70H87F9N3O11P. The minimum absolute atomic E-state index is 0.00899. The third-order valence-corrected chi connectivity index (χ3v) is 21.7. The number of methoxy groups -OCH3 is 2. The number of halogens is 9. The van der Waals surface area contributed by atoms with Crippen molar-refractivity contribution < 1.29 is 91.3 Å². The third-order valence-electron chi connectivity index (χ3n) is 19.5. The SMILES string of the molecule is C#CCCOP(O[C@@H]1C[C@H](N2CC(C)C(=O)N(CCCCOc3ccc4c(c3)CCC3C4CCC4(C)C(OCCCOC(C(F)(F)F)(C(F)(F)F)C(F)(F)F)CCC34)C2=O)O[C@@H]1COC(c1ccccc1)(c1ccc(OC)cc1)c1ccc(OC)cc1)N(C(C)C)C(C)C. The van der Waals surface area contributed by atoms with Crippen LogP contribution in [-0.2, 0) is 44.8 Å². The van der Waals surface area contributed by atoms with E-state index in [-0.39, 0.29) is 86.6 Å². The van der Waals surface area contributed by atoms with Gasteiger partial charge in [-0.1, -0.05) is 74.5 Å². The van der Waals surface area contributed by atoms with Gasteiger partial charge in [-0.15, -0.1) is 12.3 Å². The Bertz CT molecular complexity index is 3100. The number of terminal acetylenes is 1. The lowest BCUT2D eigenvalue weighted by Crippen LogP contribution is -2.67. The summed E-state index contributed by atoms with van der Waals surface area (Å²) in [5.74, 6) is 4.61. The van der Waals surface area contributed by atoms with Crippen LogP contribution in [0.15, 0.2) is 97.1 Å². The Balaban J connectivity index is 0.842. The fourth-order valence-corrected chi connectivity index (χ4v) is 16.7. The summed E-state index contributed by atoms with van der Waals surface area (Å²) >= 11 is 0. The molecule has 516 valence electrons. The summed E-state index contributed by atoms with van der Waals surface area (Å²) in [6.45, 7) is 11.2. The van der Waals surface area contributed by atoms with Crippen molar-refractivity contribution >= 4 is 20.5 Å². The van der Waals surface area contributed by atoms with Gasteiger partial charge in [-0.3, -0.25) is 14.6 Å². The topological polar surface area (TPSA) is 127 Å². The van der Waals surface area contributed by atoms with Gasteiger partial charge in [0.1, 0.15) is 35.2 Å². The highest BCUT2D eigenvalue weighted by Crippen LogP contribution is 2.62. The van der Waals surface area contributed by atoms with Crippen LogP contribution >= 0.6 is 8.53 Å². The highest BCUT2D eigenvalue weighted by atomic mass is 31.2. The first kappa shape index (κ1) is 72.6. The number of ether oxygens (including phenoxy) is 7. The van der Waals surface area contributed by atoms with Crippen LogP contribution in [0.2, 0.25) is 0 Å². The molecule has 10 atom stereocenters. The number of urea groups is 1. The van der Waals surface area contributed by atoms with E-state index in [1.165, 1.54) is 16.0 Å². The molecule has 0 bridgehead atoms. The van der Waals surface area contributed by atoms with Crippen molar-refractivity contribution in [3.8, 4) is 29.6 Å². The number of aryl methyl sites for hydroxylation is 1. The van der Waals surface area contributed by atoms with E-state index in [4.69, 9.17) is 43.9 Å². The second-order valence-corrected chi connectivity index (χ2v) is 27.3. The van der Waals surface area contributed by atoms with Crippen molar-refractivity contribution in [2.45, 2.75) is 184 Å². The predicted molar refractivity (Wildman–Crippen MR) is 335 cm³/mol. The summed E-state index contributed by atoms with van der Waals surface area (Å²) < 4.78 is 178. The zero-order chi connectivity index (χ0) is 68.0. The van der Waals surface area contributed by atoms with Gasteiger partial charge < -0.3 is 42.2 Å². The van der Waals surface area contributed by atoms with Gasteiger partial charge >= 0.3 is 30.2 Å². The molecule has 3 aliphatic carbocycles. The largest absolute Gasteiger partial charge is 0.497 e. The Morgan fingerprint density at radius 2 is 1.35 bits per heavy atom. The zero-order valence-corrected chi connectivity index (χ0v) is 55.4. The third kappa shape index (κ3) is 15.0. The van der Waals surface area contributed by atoms with Gasteiger partial charge in [0.2, 0.25) is 5.91 Å². The first-order chi connectivity index (χ1) is 44.6. The van der Waals surface area contributed by atoms with Crippen molar-refractivity contribution in [3.05, 3.63) is 125 Å². The minimum atomic E-state index is -6.79. The molecule has 14 nitrogen and oxygen atoms in total. The summed E-state index contributed by atoms with van der Waals surface area (Å²) in [6, 6.07) is 31.1. The van der Waals surface area contributed by atoms with E-state index in [0.717, 1.165) is 48.8 Å². The highest BCUT2D eigenvalue weighted by Gasteiger charge is 2.85. The second kappa shape index (κ2) is 30.4. The smallest absolute Gasteiger partial charge is 0.435 e. The predicted octanol–water partition coefficient (Wildman–Crippen LogP) is 15.7. The number of fused-ring (bicyclic) bond motifs is 5. The van der Waals surface area contributed by atoms with Crippen molar-refractivity contribution in [2.24, 2.45) is 23.2 Å². The average Bonchev–Trinajstić information content (AvgIpc) is 1.03. The van der Waals surface area contributed by atoms with Crippen LogP contribution in [0.5, 0.6) is 17.2 Å². The number of alkyl halides is 9. The number of hydrogen-bond acceptors (Lipinski definition) is 12. The van der Waals surface area contributed by atoms with Crippen LogP contribution in [0.3, 0.4) is 0 Å². The number of amides is 3. The number of rotatable bonds is 29. The first-order valence-electron chi connectivity index (χ1n) is 32.4. The maximum Gasteiger partial charge on any atom is 0.435 e. The lowest BCUT2D eigenvalue weighted by molar-refractivity contribution is -0.457. The molecule has 4 fully saturated rings. The molecule has 5 aliphatic rings. The molecule has 0 N–H and O–H groups in total. The molecule has 2 saturated heterocycles. The Morgan fingerprint density at radius 3 is 1.95 bits per heavy atom. The molecule has 9 rings (SSSR count). The molecule has 0 spiro atoms. The van der Waals surface area contributed by atoms with Crippen LogP contribution in [0.1, 0.15) is 139 Å². The lowest BCUT2D eigenvalue weighted by atomic mass is 9.55. The Morgan fingerprint density at radius 1 is 0.734 bits per heavy atom. The molecule has 0 aromatic heterocycles. The van der Waals surface area contributed by atoms with Gasteiger partial charge in [0.25, 0.3) is 8.53 Å². The van der Waals surface area contributed by atoms with E-state index in [0.29, 0.717) is 49.5 Å². The highest BCUT2D eigenvalue weighted by molar-refractivity contribution is 7.44. The molecule has 7 unspecified atom stereocenters. The maximum absolute atomic E-state index is 14.8. The van der Waals surface area contributed by atoms with Gasteiger partial charge in [-0.2, -0.15) is 39.5 Å². The van der Waals surface area contributed by atoms with E-state index < -0.39 is 81.7 Å². The van der Waals surface area contributed by atoms with Crippen LogP contribution in [-0.4, -0.2) is 148 Å². The average molecular weight is 1350 g/mol. The molecule has 4 aromatic carbocycles. The number of benzene rings is 4. The molecule has 94 heavy (non-hydrogen) atoms. The maximum atomic E-state index is 14.8. The number of nitrogens with zero attached hydrogens (tertiary/aromatic N) is 3. The van der Waals surface area contributed by atoms with E-state index in [1.54, 1.807) is 19.1 Å². The van der Waals surface area contributed by atoms with Crippen molar-refractivity contribution in [1.82, 2.24) is 14.5 Å². The lowest BCUT2D eigenvalue weighted by Gasteiger charge is -2.50. The number of carbonyl (C=O) groups excluding carboxylic acids is 2. The minimum Gasteiger partial charge on any atom is -0.497 e. The quantitative estimate of drug-likeness (QED) is 0.0169. The van der Waals surface area contributed by atoms with Crippen LogP contribution in [0.25, 0.3) is 0 Å². The van der Waals surface area contributed by atoms with E-state index in [1.807, 2.05) is 91.9 Å². The van der Waals surface area contributed by atoms with Crippen molar-refractivity contribution in [2.75, 3.05) is 60.3 Å². The van der Waals surface area contributed by atoms with Gasteiger partial charge in [0.15, 0.2) is 0 Å². The second-order valence-electron chi connectivity index (χ2n) is 25.9. The van der Waals surface area contributed by atoms with Crippen LogP contribution in [0, 0.1) is 35.5 Å². The molecule has 2 aliphatic heterocycles. The van der Waals surface area contributed by atoms with E-state index >= 15 is 0 Å². The molecule has 4 aromatic rings. The number of imide groups is 1. The van der Waals surface area contributed by atoms with Gasteiger partial charge in [0, 0.05) is 44.6 Å². The molecule has 2 heterocycles. The normalized spacial score (nSPS) is 24.8. The Labute approximate surface area is 546 Å². The zero-order valence-electron chi connectivity index (χ0n) is 54.5. The summed E-state index contributed by atoms with van der Waals surface area (Å²) in [4.78, 5) is 31.8.